The van der Waals surface area contributed by atoms with E-state index in [1.54, 1.807) is 0 Å². The molecule has 0 spiro atoms. The van der Waals surface area contributed by atoms with E-state index in [9.17, 15) is 21.9 Å². The minimum absolute atomic E-state index is 0.00836. The lowest BCUT2D eigenvalue weighted by atomic mass is 10.3. The molecule has 2 aromatic carbocycles. The van der Waals surface area contributed by atoms with Gasteiger partial charge in [-0.25, -0.2) is 21.8 Å². The van der Waals surface area contributed by atoms with E-state index in [0.29, 0.717) is 0 Å². The lowest BCUT2D eigenvalue weighted by Crippen LogP contribution is -2.14. The third-order valence-electron chi connectivity index (χ3n) is 3.08. The number of hydrogen-bond acceptors (Lipinski definition) is 6. The Hall–Kier alpha value is -2.50. The monoisotopic (exact) mass is 432 g/mol. The zero-order chi connectivity index (χ0) is 20.2. The van der Waals surface area contributed by atoms with Gasteiger partial charge in [-0.05, 0) is 36.4 Å². The van der Waals surface area contributed by atoms with Crippen molar-refractivity contribution in [3.63, 3.8) is 0 Å². The number of sulfonamides is 2. The average molecular weight is 433 g/mol. The lowest BCUT2D eigenvalue weighted by molar-refractivity contribution is 0.476. The van der Waals surface area contributed by atoms with Crippen LogP contribution in [0.4, 0.5) is 17.1 Å². The molecule has 0 radical (unpaired) electrons. The average Bonchev–Trinajstić information content (AvgIpc) is 2.54. The Labute approximate surface area is 162 Å². The highest BCUT2D eigenvalue weighted by molar-refractivity contribution is 7.92. The predicted molar refractivity (Wildman–Crippen MR) is 106 cm³/mol. The van der Waals surface area contributed by atoms with Gasteiger partial charge in [-0.1, -0.05) is 6.07 Å². The van der Waals surface area contributed by atoms with Gasteiger partial charge in [0, 0.05) is 0 Å². The van der Waals surface area contributed by atoms with Crippen molar-refractivity contribution in [1.82, 2.24) is 0 Å². The van der Waals surface area contributed by atoms with Crippen molar-refractivity contribution in [2.24, 2.45) is 10.7 Å². The number of aromatic hydroxyl groups is 1. The van der Waals surface area contributed by atoms with Crippen LogP contribution in [0.25, 0.3) is 0 Å². The molecule has 12 heteroatoms. The Morgan fingerprint density at radius 3 is 2.33 bits per heavy atom. The number of aliphatic imine (C=N–C) groups is 1. The van der Waals surface area contributed by atoms with E-state index in [-0.39, 0.29) is 39.4 Å². The number of rotatable bonds is 7. The quantitative estimate of drug-likeness (QED) is 0.297. The number of nitrogens with two attached hydrogens (primary N) is 1. The largest absolute Gasteiger partial charge is 0.506 e. The Morgan fingerprint density at radius 2 is 1.74 bits per heavy atom. The summed E-state index contributed by atoms with van der Waals surface area (Å²) in [6.45, 7) is 0. The van der Waals surface area contributed by atoms with Gasteiger partial charge >= 0.3 is 0 Å². The fourth-order valence-corrected chi connectivity index (χ4v) is 3.70. The van der Waals surface area contributed by atoms with Gasteiger partial charge in [0.25, 0.3) is 10.0 Å². The molecule has 2 aromatic rings. The molecular weight excluding hydrogens is 416 g/mol. The summed E-state index contributed by atoms with van der Waals surface area (Å²) in [7, 11) is -7.54. The van der Waals surface area contributed by atoms with Gasteiger partial charge in [-0.2, -0.15) is 0 Å². The number of phenolic OH excluding ortho intramolecular Hbond substituents is 1. The number of anilines is 2. The van der Waals surface area contributed by atoms with Crippen LogP contribution in [0.1, 0.15) is 0 Å². The first kappa shape index (κ1) is 20.8. The minimum atomic E-state index is -4.04. The molecule has 2 rings (SSSR count). The maximum Gasteiger partial charge on any atom is 0.261 e. The molecule has 0 aliphatic rings. The zero-order valence-electron chi connectivity index (χ0n) is 14.0. The highest BCUT2D eigenvalue weighted by Gasteiger charge is 2.17. The molecule has 146 valence electrons. The van der Waals surface area contributed by atoms with Crippen LogP contribution < -0.4 is 15.2 Å². The second-order valence-corrected chi connectivity index (χ2v) is 9.15. The fraction of sp³-hybridized carbons (Fsp3) is 0.133. The Kier molecular flexibility index (Phi) is 6.19. The Bertz CT molecular complexity index is 1090. The van der Waals surface area contributed by atoms with Gasteiger partial charge in [-0.3, -0.25) is 9.44 Å². The van der Waals surface area contributed by atoms with Crippen molar-refractivity contribution in [3.05, 3.63) is 42.5 Å². The van der Waals surface area contributed by atoms with Gasteiger partial charge in [0.2, 0.25) is 10.0 Å². The normalized spacial score (nSPS) is 12.6. The summed E-state index contributed by atoms with van der Waals surface area (Å²) in [5.41, 5.74) is 5.80. The van der Waals surface area contributed by atoms with Crippen molar-refractivity contribution >= 4 is 54.5 Å². The summed E-state index contributed by atoms with van der Waals surface area (Å²) in [5.74, 6) is -0.343. The van der Waals surface area contributed by atoms with E-state index in [2.05, 4.69) is 14.4 Å². The molecule has 9 nitrogen and oxygen atoms in total. The molecule has 0 aliphatic carbocycles. The molecule has 27 heavy (non-hydrogen) atoms. The lowest BCUT2D eigenvalue weighted by Gasteiger charge is -2.11. The second-order valence-electron chi connectivity index (χ2n) is 5.45. The molecule has 0 atom stereocenters. The van der Waals surface area contributed by atoms with Crippen molar-refractivity contribution in [2.75, 3.05) is 21.6 Å². The van der Waals surface area contributed by atoms with Gasteiger partial charge < -0.3 is 10.8 Å². The molecule has 0 fully saturated rings. The summed E-state index contributed by atoms with van der Waals surface area (Å²) in [6.07, 6.45) is 0.981. The minimum Gasteiger partial charge on any atom is -0.506 e. The Balaban J connectivity index is 2.35. The second kappa shape index (κ2) is 8.03. The number of nitrogens with one attached hydrogen (secondary N) is 2. The maximum atomic E-state index is 12.6. The van der Waals surface area contributed by atoms with Gasteiger partial charge in [-0.15, -0.1) is 11.6 Å². The SMILES string of the molecule is CS(=O)(=O)Nc1cccc(NS(=O)(=O)c2ccc(O)c(N=C(N)CCl)c2)c1. The predicted octanol–water partition coefficient (Wildman–Crippen LogP) is 1.79. The molecule has 0 bridgehead atoms. The van der Waals surface area contributed by atoms with E-state index >= 15 is 0 Å². The van der Waals surface area contributed by atoms with Crippen molar-refractivity contribution < 1.29 is 21.9 Å². The van der Waals surface area contributed by atoms with E-state index in [1.165, 1.54) is 30.3 Å². The first-order valence-corrected chi connectivity index (χ1v) is 11.2. The third kappa shape index (κ3) is 6.01. The number of alkyl halides is 1. The summed E-state index contributed by atoms with van der Waals surface area (Å²) >= 11 is 5.54. The van der Waals surface area contributed by atoms with Crippen molar-refractivity contribution in [2.45, 2.75) is 4.90 Å². The van der Waals surface area contributed by atoms with Crippen LogP contribution >= 0.6 is 11.6 Å². The van der Waals surface area contributed by atoms with Gasteiger partial charge in [0.05, 0.1) is 28.4 Å². The van der Waals surface area contributed by atoms with Crippen LogP contribution in [0.5, 0.6) is 5.75 Å². The molecule has 0 unspecified atom stereocenters. The van der Waals surface area contributed by atoms with E-state index < -0.39 is 20.0 Å². The van der Waals surface area contributed by atoms with Crippen molar-refractivity contribution in [3.8, 4) is 5.75 Å². The summed E-state index contributed by atoms with van der Waals surface area (Å²) < 4.78 is 52.3. The van der Waals surface area contributed by atoms with Crippen LogP contribution in [0.3, 0.4) is 0 Å². The number of phenols is 1. The number of amidine groups is 1. The highest BCUT2D eigenvalue weighted by atomic mass is 35.5. The Morgan fingerprint density at radius 1 is 1.11 bits per heavy atom. The molecule has 0 amide bonds. The molecule has 0 saturated carbocycles. The van der Waals surface area contributed by atoms with E-state index in [1.807, 2.05) is 0 Å². The highest BCUT2D eigenvalue weighted by Crippen LogP contribution is 2.30. The molecule has 0 saturated heterocycles. The maximum absolute atomic E-state index is 12.6. The summed E-state index contributed by atoms with van der Waals surface area (Å²) in [6, 6.07) is 9.22. The van der Waals surface area contributed by atoms with Crippen LogP contribution in [-0.4, -0.2) is 39.9 Å². The van der Waals surface area contributed by atoms with Crippen molar-refractivity contribution in [1.29, 1.82) is 0 Å². The zero-order valence-corrected chi connectivity index (χ0v) is 16.4. The fourth-order valence-electron chi connectivity index (χ4n) is 2.02. The van der Waals surface area contributed by atoms with E-state index in [4.69, 9.17) is 17.3 Å². The number of benzene rings is 2. The third-order valence-corrected chi connectivity index (χ3v) is 5.34. The standard InChI is InChI=1S/C15H17ClN4O5S2/c1-26(22,23)19-10-3-2-4-11(7-10)20-27(24,25)12-5-6-14(21)13(8-12)18-15(17)9-16/h2-8,19-21H,9H2,1H3,(H2,17,18). The first-order valence-electron chi connectivity index (χ1n) is 7.33. The van der Waals surface area contributed by atoms with Gasteiger partial charge in [0.1, 0.15) is 17.3 Å². The summed E-state index contributed by atoms with van der Waals surface area (Å²) in [4.78, 5) is 3.68. The van der Waals surface area contributed by atoms with Crippen LogP contribution in [0.2, 0.25) is 0 Å². The van der Waals surface area contributed by atoms with Gasteiger partial charge in [0.15, 0.2) is 0 Å². The van der Waals surface area contributed by atoms with Crippen LogP contribution in [0.15, 0.2) is 52.4 Å². The molecule has 5 N–H and O–H groups in total. The number of halogens is 1. The molecule has 0 aromatic heterocycles. The molecule has 0 aliphatic heterocycles. The smallest absolute Gasteiger partial charge is 0.261 e. The summed E-state index contributed by atoms with van der Waals surface area (Å²) in [5, 5.41) is 9.79. The topological polar surface area (TPSA) is 151 Å². The molecule has 0 heterocycles. The number of nitrogens with zero attached hydrogens (tertiary/aromatic N) is 1. The van der Waals surface area contributed by atoms with Crippen LogP contribution in [0, 0.1) is 0 Å². The van der Waals surface area contributed by atoms with Crippen LogP contribution in [-0.2, 0) is 20.0 Å². The first-order chi connectivity index (χ1) is 12.5. The van der Waals surface area contributed by atoms with E-state index in [0.717, 1.165) is 18.4 Å². The molecular formula is C15H17ClN4O5S2. The number of hydrogen-bond donors (Lipinski definition) is 4.